The second kappa shape index (κ2) is 6.53. The first-order valence-corrected chi connectivity index (χ1v) is 10.3. The van der Waals surface area contributed by atoms with Crippen molar-refractivity contribution >= 4 is 0 Å². The lowest BCUT2D eigenvalue weighted by molar-refractivity contribution is -0.268. The SMILES string of the molecule is C[C@@H]1[C@H]2OC3(CCCCC3)O[C@H]2[C@@H](C)C[C@H]1OC1(O)CCCCC1. The van der Waals surface area contributed by atoms with E-state index in [1.54, 1.807) is 0 Å². The molecule has 1 spiro atoms. The molecule has 5 atom stereocenters. The molecule has 3 saturated carbocycles. The normalized spacial score (nSPS) is 44.4. The van der Waals surface area contributed by atoms with Gasteiger partial charge in [0.25, 0.3) is 0 Å². The van der Waals surface area contributed by atoms with Gasteiger partial charge in [-0.05, 0) is 38.0 Å². The fraction of sp³-hybridized carbons (Fsp3) is 1.00. The number of aliphatic hydroxyl groups is 1. The minimum atomic E-state index is -0.911. The predicted molar refractivity (Wildman–Crippen MR) is 91.4 cm³/mol. The highest BCUT2D eigenvalue weighted by Gasteiger charge is 2.55. The summed E-state index contributed by atoms with van der Waals surface area (Å²) in [7, 11) is 0. The predicted octanol–water partition coefficient (Wildman–Crippen LogP) is 4.14. The molecule has 4 rings (SSSR count). The summed E-state index contributed by atoms with van der Waals surface area (Å²) in [4.78, 5) is 0. The van der Waals surface area contributed by atoms with Crippen LogP contribution in [0.25, 0.3) is 0 Å². The van der Waals surface area contributed by atoms with Crippen LogP contribution in [0.1, 0.15) is 84.5 Å². The summed E-state index contributed by atoms with van der Waals surface area (Å²) in [5.41, 5.74) is 0. The van der Waals surface area contributed by atoms with E-state index in [9.17, 15) is 5.11 Å². The molecule has 0 amide bonds. The van der Waals surface area contributed by atoms with E-state index in [0.29, 0.717) is 5.92 Å². The standard InChI is InChI=1S/C20H34O4/c1-14-13-16(22-19(21)9-5-3-6-10-19)15(2)18-17(14)23-20(24-18)11-7-4-8-12-20/h14-18,21H,3-13H2,1-2H3/t14-,15-,16+,17-,18+/m0/s1. The Balaban J connectivity index is 1.46. The Morgan fingerprint density at radius 2 is 1.42 bits per heavy atom. The zero-order valence-electron chi connectivity index (χ0n) is 15.3. The van der Waals surface area contributed by atoms with Crippen LogP contribution in [0.5, 0.6) is 0 Å². The molecule has 4 nitrogen and oxygen atoms in total. The Labute approximate surface area is 146 Å². The molecule has 4 aliphatic rings. The maximum absolute atomic E-state index is 10.8. The average molecular weight is 338 g/mol. The Hall–Kier alpha value is -0.160. The van der Waals surface area contributed by atoms with Gasteiger partial charge in [0.1, 0.15) is 0 Å². The highest BCUT2D eigenvalue weighted by Crippen LogP contribution is 2.49. The second-order valence-electron chi connectivity index (χ2n) is 8.87. The topological polar surface area (TPSA) is 47.9 Å². The highest BCUT2D eigenvalue weighted by atomic mass is 16.8. The zero-order valence-corrected chi connectivity index (χ0v) is 15.3. The Bertz CT molecular complexity index is 439. The van der Waals surface area contributed by atoms with E-state index in [2.05, 4.69) is 13.8 Å². The van der Waals surface area contributed by atoms with E-state index in [4.69, 9.17) is 14.2 Å². The number of hydrogen-bond donors (Lipinski definition) is 1. The lowest BCUT2D eigenvalue weighted by Crippen LogP contribution is -2.51. The molecule has 0 unspecified atom stereocenters. The van der Waals surface area contributed by atoms with Crippen LogP contribution in [0.4, 0.5) is 0 Å². The van der Waals surface area contributed by atoms with Gasteiger partial charge < -0.3 is 19.3 Å². The van der Waals surface area contributed by atoms with E-state index < -0.39 is 5.79 Å². The third kappa shape index (κ3) is 3.15. The molecule has 0 bridgehead atoms. The monoisotopic (exact) mass is 338 g/mol. The summed E-state index contributed by atoms with van der Waals surface area (Å²) in [5.74, 6) is -0.540. The summed E-state index contributed by atoms with van der Waals surface area (Å²) in [6, 6.07) is 0. The first-order valence-electron chi connectivity index (χ1n) is 10.3. The first kappa shape index (κ1) is 17.3. The van der Waals surface area contributed by atoms with Crippen LogP contribution >= 0.6 is 0 Å². The molecular formula is C20H34O4. The average Bonchev–Trinajstić information content (AvgIpc) is 2.93. The summed E-state index contributed by atoms with van der Waals surface area (Å²) in [6.07, 6.45) is 12.1. The number of ether oxygens (including phenoxy) is 3. The van der Waals surface area contributed by atoms with Gasteiger partial charge in [-0.25, -0.2) is 0 Å². The van der Waals surface area contributed by atoms with Crippen LogP contribution in [0, 0.1) is 11.8 Å². The van der Waals surface area contributed by atoms with Crippen molar-refractivity contribution in [3.63, 3.8) is 0 Å². The highest BCUT2D eigenvalue weighted by molar-refractivity contribution is 4.99. The number of hydrogen-bond acceptors (Lipinski definition) is 4. The molecule has 0 aromatic rings. The van der Waals surface area contributed by atoms with Crippen LogP contribution in [0.15, 0.2) is 0 Å². The molecule has 138 valence electrons. The van der Waals surface area contributed by atoms with Gasteiger partial charge in [-0.3, -0.25) is 0 Å². The fourth-order valence-electron chi connectivity index (χ4n) is 5.42. The maximum atomic E-state index is 10.8. The third-order valence-corrected chi connectivity index (χ3v) is 6.92. The molecule has 1 aliphatic heterocycles. The molecule has 3 aliphatic carbocycles. The van der Waals surface area contributed by atoms with Crippen molar-refractivity contribution in [2.75, 3.05) is 0 Å². The minimum Gasteiger partial charge on any atom is -0.365 e. The quantitative estimate of drug-likeness (QED) is 0.769. The Morgan fingerprint density at radius 1 is 0.833 bits per heavy atom. The van der Waals surface area contributed by atoms with Gasteiger partial charge in [0, 0.05) is 31.6 Å². The van der Waals surface area contributed by atoms with E-state index in [1.807, 2.05) is 0 Å². The lowest BCUT2D eigenvalue weighted by atomic mass is 9.77. The van der Waals surface area contributed by atoms with Gasteiger partial charge in [0.2, 0.25) is 0 Å². The van der Waals surface area contributed by atoms with Crippen LogP contribution in [-0.2, 0) is 14.2 Å². The van der Waals surface area contributed by atoms with Crippen molar-refractivity contribution in [2.45, 2.75) is 114 Å². The minimum absolute atomic E-state index is 0.0756. The molecule has 1 heterocycles. The Kier molecular flexibility index (Phi) is 4.70. The molecule has 0 aromatic heterocycles. The largest absolute Gasteiger partial charge is 0.365 e. The summed E-state index contributed by atoms with van der Waals surface area (Å²) < 4.78 is 19.4. The van der Waals surface area contributed by atoms with E-state index in [0.717, 1.165) is 44.9 Å². The van der Waals surface area contributed by atoms with Crippen LogP contribution in [-0.4, -0.2) is 35.0 Å². The van der Waals surface area contributed by atoms with Crippen molar-refractivity contribution in [1.82, 2.24) is 0 Å². The maximum Gasteiger partial charge on any atom is 0.169 e. The summed E-state index contributed by atoms with van der Waals surface area (Å²) in [5, 5.41) is 10.8. The lowest BCUT2D eigenvalue weighted by Gasteiger charge is -2.44. The first-order chi connectivity index (χ1) is 11.5. The van der Waals surface area contributed by atoms with Gasteiger partial charge >= 0.3 is 0 Å². The van der Waals surface area contributed by atoms with Crippen molar-refractivity contribution in [3.05, 3.63) is 0 Å². The zero-order chi connectivity index (χ0) is 16.8. The molecular weight excluding hydrogens is 304 g/mol. The smallest absolute Gasteiger partial charge is 0.169 e. The van der Waals surface area contributed by atoms with Gasteiger partial charge in [-0.2, -0.15) is 0 Å². The van der Waals surface area contributed by atoms with Gasteiger partial charge in [-0.15, -0.1) is 0 Å². The Morgan fingerprint density at radius 3 is 2.08 bits per heavy atom. The van der Waals surface area contributed by atoms with Gasteiger partial charge in [0.05, 0.1) is 18.3 Å². The van der Waals surface area contributed by atoms with Gasteiger partial charge in [0.15, 0.2) is 11.6 Å². The molecule has 0 aromatic carbocycles. The summed E-state index contributed by atoms with van der Waals surface area (Å²) >= 11 is 0. The molecule has 4 fully saturated rings. The van der Waals surface area contributed by atoms with Crippen molar-refractivity contribution < 1.29 is 19.3 Å². The van der Waals surface area contributed by atoms with Gasteiger partial charge in [-0.1, -0.05) is 26.7 Å². The molecule has 24 heavy (non-hydrogen) atoms. The van der Waals surface area contributed by atoms with E-state index >= 15 is 0 Å². The van der Waals surface area contributed by atoms with E-state index in [1.165, 1.54) is 25.7 Å². The van der Waals surface area contributed by atoms with Crippen molar-refractivity contribution in [1.29, 1.82) is 0 Å². The second-order valence-corrected chi connectivity index (χ2v) is 8.87. The van der Waals surface area contributed by atoms with E-state index in [-0.39, 0.29) is 30.0 Å². The number of fused-ring (bicyclic) bond motifs is 1. The van der Waals surface area contributed by atoms with Crippen LogP contribution in [0.2, 0.25) is 0 Å². The molecule has 0 radical (unpaired) electrons. The van der Waals surface area contributed by atoms with Crippen LogP contribution < -0.4 is 0 Å². The molecule has 1 saturated heterocycles. The van der Waals surface area contributed by atoms with Crippen LogP contribution in [0.3, 0.4) is 0 Å². The molecule has 4 heteroatoms. The fourth-order valence-corrected chi connectivity index (χ4v) is 5.42. The van der Waals surface area contributed by atoms with Crippen molar-refractivity contribution in [3.8, 4) is 0 Å². The summed E-state index contributed by atoms with van der Waals surface area (Å²) in [6.45, 7) is 4.49. The molecule has 1 N–H and O–H groups in total. The number of rotatable bonds is 2. The third-order valence-electron chi connectivity index (χ3n) is 6.92. The van der Waals surface area contributed by atoms with Crippen molar-refractivity contribution in [2.24, 2.45) is 11.8 Å².